The van der Waals surface area contributed by atoms with Crippen molar-refractivity contribution >= 4 is 12.6 Å². The second kappa shape index (κ2) is 2.88. The van der Waals surface area contributed by atoms with Crippen molar-refractivity contribution in [2.75, 3.05) is 6.61 Å². The first kappa shape index (κ1) is 7.19. The topological polar surface area (TPSA) is 9.23 Å². The van der Waals surface area contributed by atoms with Crippen LogP contribution in [0.3, 0.4) is 0 Å². The molecule has 0 fully saturated rings. The summed E-state index contributed by atoms with van der Waals surface area (Å²) in [6.45, 7) is 1.48. The van der Waals surface area contributed by atoms with Crippen LogP contribution >= 0.6 is 12.6 Å². The van der Waals surface area contributed by atoms with E-state index in [1.807, 2.05) is 12.1 Å². The molecule has 1 aliphatic rings. The lowest BCUT2D eigenvalue weighted by Gasteiger charge is -2.21. The molecule has 1 nitrogen and oxygen atoms in total. The quantitative estimate of drug-likeness (QED) is 0.581. The fraction of sp³-hybridized carbons (Fsp3) is 0.333. The fourth-order valence-electron chi connectivity index (χ4n) is 1.36. The van der Waals surface area contributed by atoms with Crippen LogP contribution in [-0.4, -0.2) is 6.61 Å². The Morgan fingerprint density at radius 3 is 3.00 bits per heavy atom. The van der Waals surface area contributed by atoms with Crippen LogP contribution in [0.5, 0.6) is 0 Å². The van der Waals surface area contributed by atoms with Gasteiger partial charge in [-0.3, -0.25) is 0 Å². The Morgan fingerprint density at radius 1 is 1.36 bits per heavy atom. The van der Waals surface area contributed by atoms with E-state index in [1.165, 1.54) is 11.1 Å². The molecule has 2 heteroatoms. The van der Waals surface area contributed by atoms with Crippen molar-refractivity contribution < 1.29 is 4.74 Å². The predicted molar refractivity (Wildman–Crippen MR) is 47.8 cm³/mol. The lowest BCUT2D eigenvalue weighted by atomic mass is 10.0. The first-order valence-electron chi connectivity index (χ1n) is 3.71. The molecule has 0 N–H and O–H groups in total. The molecule has 0 radical (unpaired) electrons. The molecule has 2 rings (SSSR count). The van der Waals surface area contributed by atoms with Gasteiger partial charge in [0.1, 0.15) is 0 Å². The lowest BCUT2D eigenvalue weighted by Crippen LogP contribution is -2.11. The zero-order valence-electron chi connectivity index (χ0n) is 6.16. The molecule has 0 spiro atoms. The molecule has 1 aliphatic heterocycles. The molecule has 0 saturated heterocycles. The summed E-state index contributed by atoms with van der Waals surface area (Å²) in [5, 5.41) is 0.264. The maximum atomic E-state index is 5.33. The van der Waals surface area contributed by atoms with E-state index in [1.54, 1.807) is 0 Å². The summed E-state index contributed by atoms with van der Waals surface area (Å²) >= 11 is 4.42. The van der Waals surface area contributed by atoms with E-state index in [0.717, 1.165) is 13.2 Å². The minimum atomic E-state index is 0.264. The highest BCUT2D eigenvalue weighted by Crippen LogP contribution is 2.28. The largest absolute Gasteiger partial charge is 0.375 e. The molecule has 0 saturated carbocycles. The van der Waals surface area contributed by atoms with Gasteiger partial charge in [0.25, 0.3) is 0 Å². The maximum absolute atomic E-state index is 5.33. The van der Waals surface area contributed by atoms with Crippen LogP contribution in [0.25, 0.3) is 0 Å². The van der Waals surface area contributed by atoms with Crippen LogP contribution in [0.15, 0.2) is 24.3 Å². The van der Waals surface area contributed by atoms with Gasteiger partial charge in [-0.25, -0.2) is 0 Å². The van der Waals surface area contributed by atoms with Crippen molar-refractivity contribution in [3.8, 4) is 0 Å². The number of fused-ring (bicyclic) bond motifs is 1. The van der Waals surface area contributed by atoms with Gasteiger partial charge in [-0.05, 0) is 11.1 Å². The summed E-state index contributed by atoms with van der Waals surface area (Å²) in [5.74, 6) is 0. The first-order valence-corrected chi connectivity index (χ1v) is 4.23. The average molecular weight is 166 g/mol. The fourth-order valence-corrected chi connectivity index (χ4v) is 1.72. The van der Waals surface area contributed by atoms with Gasteiger partial charge in [0.15, 0.2) is 0 Å². The molecule has 1 aromatic rings. The molecule has 0 amide bonds. The van der Waals surface area contributed by atoms with Gasteiger partial charge in [0, 0.05) is 0 Å². The summed E-state index contributed by atoms with van der Waals surface area (Å²) in [5.41, 5.74) is 2.60. The van der Waals surface area contributed by atoms with Crippen LogP contribution in [0, 0.1) is 0 Å². The molecule has 0 aromatic heterocycles. The smallest absolute Gasteiger partial charge is 0.0720 e. The summed E-state index contributed by atoms with van der Waals surface area (Å²) < 4.78 is 5.33. The summed E-state index contributed by atoms with van der Waals surface area (Å²) in [7, 11) is 0. The van der Waals surface area contributed by atoms with E-state index in [-0.39, 0.29) is 5.25 Å². The number of ether oxygens (including phenoxy) is 1. The third-order valence-electron chi connectivity index (χ3n) is 1.95. The molecule has 11 heavy (non-hydrogen) atoms. The zero-order chi connectivity index (χ0) is 7.68. The van der Waals surface area contributed by atoms with E-state index in [4.69, 9.17) is 4.74 Å². The Bertz CT molecular complexity index is 259. The maximum Gasteiger partial charge on any atom is 0.0720 e. The zero-order valence-corrected chi connectivity index (χ0v) is 7.05. The Balaban J connectivity index is 2.44. The Hall–Kier alpha value is -0.470. The number of hydrogen-bond acceptors (Lipinski definition) is 2. The molecule has 0 bridgehead atoms. The molecule has 58 valence electrons. The highest BCUT2D eigenvalue weighted by molar-refractivity contribution is 7.80. The van der Waals surface area contributed by atoms with Crippen molar-refractivity contribution in [1.82, 2.24) is 0 Å². The monoisotopic (exact) mass is 166 g/mol. The van der Waals surface area contributed by atoms with E-state index >= 15 is 0 Å². The summed E-state index contributed by atoms with van der Waals surface area (Å²) in [6, 6.07) is 8.30. The molecular formula is C9H10OS. The molecule has 1 aromatic carbocycles. The van der Waals surface area contributed by atoms with Crippen molar-refractivity contribution in [2.24, 2.45) is 0 Å². The van der Waals surface area contributed by atoms with Crippen LogP contribution in [-0.2, 0) is 11.3 Å². The van der Waals surface area contributed by atoms with Gasteiger partial charge >= 0.3 is 0 Å². The van der Waals surface area contributed by atoms with Crippen LogP contribution in [0.2, 0.25) is 0 Å². The normalized spacial score (nSPS) is 22.8. The number of benzene rings is 1. The number of rotatable bonds is 0. The first-order chi connectivity index (χ1) is 5.38. The molecule has 0 aliphatic carbocycles. The van der Waals surface area contributed by atoms with Gasteiger partial charge in [-0.1, -0.05) is 24.3 Å². The van der Waals surface area contributed by atoms with Gasteiger partial charge in [-0.15, -0.1) is 0 Å². The van der Waals surface area contributed by atoms with Crippen LogP contribution in [0.4, 0.5) is 0 Å². The number of thiol groups is 1. The second-order valence-corrected chi connectivity index (χ2v) is 3.35. The van der Waals surface area contributed by atoms with Gasteiger partial charge in [0.05, 0.1) is 18.5 Å². The molecule has 1 unspecified atom stereocenters. The Kier molecular flexibility index (Phi) is 1.88. The van der Waals surface area contributed by atoms with Crippen LogP contribution < -0.4 is 0 Å². The van der Waals surface area contributed by atoms with Crippen molar-refractivity contribution in [3.05, 3.63) is 35.4 Å². The second-order valence-electron chi connectivity index (χ2n) is 2.73. The van der Waals surface area contributed by atoms with Crippen LogP contribution in [0.1, 0.15) is 16.4 Å². The lowest BCUT2D eigenvalue weighted by molar-refractivity contribution is 0.109. The highest BCUT2D eigenvalue weighted by atomic mass is 32.1. The van der Waals surface area contributed by atoms with Gasteiger partial charge in [0.2, 0.25) is 0 Å². The minimum Gasteiger partial charge on any atom is -0.375 e. The van der Waals surface area contributed by atoms with Gasteiger partial charge in [-0.2, -0.15) is 12.6 Å². The predicted octanol–water partition coefficient (Wildman–Crippen LogP) is 2.19. The Morgan fingerprint density at radius 2 is 2.18 bits per heavy atom. The van der Waals surface area contributed by atoms with E-state index in [0.29, 0.717) is 0 Å². The summed E-state index contributed by atoms with van der Waals surface area (Å²) in [6.07, 6.45) is 0. The van der Waals surface area contributed by atoms with Gasteiger partial charge < -0.3 is 4.74 Å². The standard InChI is InChI=1S/C9H10OS/c11-9-6-10-5-7-3-1-2-4-8(7)9/h1-4,9,11H,5-6H2. The average Bonchev–Trinajstić information content (AvgIpc) is 2.06. The minimum absolute atomic E-state index is 0.264. The Labute approximate surface area is 71.8 Å². The van der Waals surface area contributed by atoms with Crippen molar-refractivity contribution in [2.45, 2.75) is 11.9 Å². The van der Waals surface area contributed by atoms with E-state index in [9.17, 15) is 0 Å². The highest BCUT2D eigenvalue weighted by Gasteiger charge is 2.15. The molecular weight excluding hydrogens is 156 g/mol. The number of hydrogen-bond donors (Lipinski definition) is 1. The summed E-state index contributed by atoms with van der Waals surface area (Å²) in [4.78, 5) is 0. The molecule has 1 atom stereocenters. The third kappa shape index (κ3) is 1.28. The van der Waals surface area contributed by atoms with E-state index < -0.39 is 0 Å². The SMILES string of the molecule is SC1COCc2ccccc21. The van der Waals surface area contributed by atoms with E-state index in [2.05, 4.69) is 24.8 Å². The third-order valence-corrected chi connectivity index (χ3v) is 2.37. The van der Waals surface area contributed by atoms with Crippen molar-refractivity contribution in [1.29, 1.82) is 0 Å². The molecule has 1 heterocycles. The van der Waals surface area contributed by atoms with Crippen molar-refractivity contribution in [3.63, 3.8) is 0 Å².